The fraction of sp³-hybridized carbons (Fsp3) is 0.0909. The second kappa shape index (κ2) is 3.87. The fourth-order valence-electron chi connectivity index (χ4n) is 1.21. The number of anilines is 1. The summed E-state index contributed by atoms with van der Waals surface area (Å²) in [6.07, 6.45) is 3.33. The topological polar surface area (TPSA) is 45.4 Å². The number of phenols is 1. The van der Waals surface area contributed by atoms with E-state index >= 15 is 0 Å². The van der Waals surface area contributed by atoms with Gasteiger partial charge in [0.1, 0.15) is 5.75 Å². The maximum absolute atomic E-state index is 9.21. The molecule has 0 saturated heterocycles. The zero-order valence-corrected chi connectivity index (χ0v) is 7.60. The molecular weight excluding hydrogens is 178 g/mol. The van der Waals surface area contributed by atoms with E-state index in [1.165, 1.54) is 0 Å². The van der Waals surface area contributed by atoms with Gasteiger partial charge in [-0.2, -0.15) is 0 Å². The molecule has 0 saturated carbocycles. The summed E-state index contributed by atoms with van der Waals surface area (Å²) >= 11 is 0. The third-order valence-corrected chi connectivity index (χ3v) is 1.92. The summed E-state index contributed by atoms with van der Waals surface area (Å²) in [5, 5.41) is 12.4. The van der Waals surface area contributed by atoms with Crippen molar-refractivity contribution in [2.24, 2.45) is 0 Å². The van der Waals surface area contributed by atoms with Crippen molar-refractivity contribution in [3.05, 3.63) is 48.4 Å². The third kappa shape index (κ3) is 2.07. The summed E-state index contributed by atoms with van der Waals surface area (Å²) in [7, 11) is 0. The summed E-state index contributed by atoms with van der Waals surface area (Å²) in [6, 6.07) is 8.92. The van der Waals surface area contributed by atoms with E-state index in [9.17, 15) is 5.11 Å². The van der Waals surface area contributed by atoms with Crippen molar-refractivity contribution in [2.45, 2.75) is 6.54 Å². The van der Waals surface area contributed by atoms with Crippen molar-refractivity contribution < 1.29 is 9.52 Å². The Hall–Kier alpha value is -1.90. The molecule has 0 unspecified atom stereocenters. The zero-order chi connectivity index (χ0) is 9.80. The number of phenolic OH excluding ortho intramolecular Hbond substituents is 1. The molecular formula is C11H11NO2. The number of rotatable bonds is 3. The zero-order valence-electron chi connectivity index (χ0n) is 7.60. The van der Waals surface area contributed by atoms with E-state index in [4.69, 9.17) is 4.42 Å². The van der Waals surface area contributed by atoms with Crippen molar-refractivity contribution in [2.75, 3.05) is 5.32 Å². The highest BCUT2D eigenvalue weighted by molar-refractivity contribution is 5.47. The summed E-state index contributed by atoms with van der Waals surface area (Å²) in [4.78, 5) is 0. The molecule has 1 aromatic carbocycles. The number of hydrogen-bond acceptors (Lipinski definition) is 3. The van der Waals surface area contributed by atoms with Crippen LogP contribution in [0.5, 0.6) is 5.75 Å². The molecule has 2 N–H and O–H groups in total. The molecule has 0 atom stereocenters. The van der Waals surface area contributed by atoms with Crippen LogP contribution in [-0.4, -0.2) is 5.11 Å². The molecule has 3 nitrogen and oxygen atoms in total. The predicted molar refractivity (Wildman–Crippen MR) is 54.1 cm³/mol. The minimum absolute atomic E-state index is 0.266. The van der Waals surface area contributed by atoms with Crippen LogP contribution in [0.15, 0.2) is 47.3 Å². The van der Waals surface area contributed by atoms with Crippen LogP contribution in [0.3, 0.4) is 0 Å². The molecule has 0 aliphatic carbocycles. The molecule has 2 rings (SSSR count). The lowest BCUT2D eigenvalue weighted by atomic mass is 10.3. The Kier molecular flexibility index (Phi) is 2.40. The van der Waals surface area contributed by atoms with Crippen LogP contribution in [0.25, 0.3) is 0 Å². The van der Waals surface area contributed by atoms with Crippen LogP contribution in [0.2, 0.25) is 0 Å². The first-order valence-electron chi connectivity index (χ1n) is 4.38. The van der Waals surface area contributed by atoms with Crippen molar-refractivity contribution >= 4 is 5.69 Å². The second-order valence-corrected chi connectivity index (χ2v) is 3.04. The largest absolute Gasteiger partial charge is 0.508 e. The molecule has 0 bridgehead atoms. The molecule has 0 radical (unpaired) electrons. The molecule has 0 fully saturated rings. The van der Waals surface area contributed by atoms with Gasteiger partial charge in [-0.05, 0) is 18.2 Å². The van der Waals surface area contributed by atoms with Crippen LogP contribution in [-0.2, 0) is 6.54 Å². The van der Waals surface area contributed by atoms with Gasteiger partial charge in [-0.3, -0.25) is 0 Å². The Morgan fingerprint density at radius 3 is 2.93 bits per heavy atom. The highest BCUT2D eigenvalue weighted by atomic mass is 16.3. The highest BCUT2D eigenvalue weighted by Crippen LogP contribution is 2.16. The van der Waals surface area contributed by atoms with Crippen LogP contribution < -0.4 is 5.32 Å². The molecule has 72 valence electrons. The SMILES string of the molecule is Oc1cccc(NCc2ccoc2)c1. The molecule has 1 aromatic heterocycles. The normalized spacial score (nSPS) is 10.0. The molecule has 1 heterocycles. The van der Waals surface area contributed by atoms with Gasteiger partial charge in [0.05, 0.1) is 12.5 Å². The maximum Gasteiger partial charge on any atom is 0.117 e. The van der Waals surface area contributed by atoms with Crippen molar-refractivity contribution in [1.82, 2.24) is 0 Å². The lowest BCUT2D eigenvalue weighted by Gasteiger charge is -2.04. The van der Waals surface area contributed by atoms with Gasteiger partial charge in [0.2, 0.25) is 0 Å². The Morgan fingerprint density at radius 1 is 1.29 bits per heavy atom. The third-order valence-electron chi connectivity index (χ3n) is 1.92. The van der Waals surface area contributed by atoms with Crippen LogP contribution in [0.1, 0.15) is 5.56 Å². The van der Waals surface area contributed by atoms with E-state index in [-0.39, 0.29) is 5.75 Å². The van der Waals surface area contributed by atoms with Crippen molar-refractivity contribution in [3.63, 3.8) is 0 Å². The lowest BCUT2D eigenvalue weighted by molar-refractivity contribution is 0.475. The van der Waals surface area contributed by atoms with Gasteiger partial charge in [0.15, 0.2) is 0 Å². The summed E-state index contributed by atoms with van der Waals surface area (Å²) in [5.41, 5.74) is 1.97. The highest BCUT2D eigenvalue weighted by Gasteiger charge is 1.95. The van der Waals surface area contributed by atoms with Crippen LogP contribution >= 0.6 is 0 Å². The summed E-state index contributed by atoms with van der Waals surface area (Å²) in [6.45, 7) is 0.694. The van der Waals surface area contributed by atoms with E-state index in [1.807, 2.05) is 12.1 Å². The van der Waals surface area contributed by atoms with E-state index in [0.717, 1.165) is 11.3 Å². The molecule has 2 aromatic rings. The molecule has 0 amide bonds. The van der Waals surface area contributed by atoms with Gasteiger partial charge in [0.25, 0.3) is 0 Å². The minimum atomic E-state index is 0.266. The first-order chi connectivity index (χ1) is 6.84. The minimum Gasteiger partial charge on any atom is -0.508 e. The fourth-order valence-corrected chi connectivity index (χ4v) is 1.21. The molecule has 0 aliphatic rings. The van der Waals surface area contributed by atoms with Gasteiger partial charge in [0, 0.05) is 23.9 Å². The summed E-state index contributed by atoms with van der Waals surface area (Å²) < 4.78 is 4.94. The first-order valence-corrected chi connectivity index (χ1v) is 4.38. The van der Waals surface area contributed by atoms with Gasteiger partial charge in [-0.1, -0.05) is 6.07 Å². The van der Waals surface area contributed by atoms with Crippen molar-refractivity contribution in [3.8, 4) is 5.75 Å². The van der Waals surface area contributed by atoms with Crippen LogP contribution in [0.4, 0.5) is 5.69 Å². The number of furan rings is 1. The second-order valence-electron chi connectivity index (χ2n) is 3.04. The van der Waals surface area contributed by atoms with E-state index in [2.05, 4.69) is 5.32 Å². The quantitative estimate of drug-likeness (QED) is 0.780. The number of nitrogens with one attached hydrogen (secondary N) is 1. The number of hydrogen-bond donors (Lipinski definition) is 2. The Morgan fingerprint density at radius 2 is 2.21 bits per heavy atom. The lowest BCUT2D eigenvalue weighted by Crippen LogP contribution is -1.97. The van der Waals surface area contributed by atoms with E-state index in [0.29, 0.717) is 6.54 Å². The van der Waals surface area contributed by atoms with Crippen molar-refractivity contribution in [1.29, 1.82) is 0 Å². The average Bonchev–Trinajstić information content (AvgIpc) is 2.67. The smallest absolute Gasteiger partial charge is 0.117 e. The maximum atomic E-state index is 9.21. The Labute approximate surface area is 82.0 Å². The van der Waals surface area contributed by atoms with Crippen LogP contribution in [0, 0.1) is 0 Å². The molecule has 0 aliphatic heterocycles. The average molecular weight is 189 g/mol. The summed E-state index contributed by atoms with van der Waals surface area (Å²) in [5.74, 6) is 0.266. The molecule has 14 heavy (non-hydrogen) atoms. The van der Waals surface area contributed by atoms with Gasteiger partial charge in [-0.25, -0.2) is 0 Å². The van der Waals surface area contributed by atoms with Gasteiger partial charge in [-0.15, -0.1) is 0 Å². The Bertz CT molecular complexity index is 395. The van der Waals surface area contributed by atoms with E-state index < -0.39 is 0 Å². The number of benzene rings is 1. The molecule has 3 heteroatoms. The van der Waals surface area contributed by atoms with E-state index in [1.54, 1.807) is 30.7 Å². The van der Waals surface area contributed by atoms with Gasteiger partial charge < -0.3 is 14.8 Å². The number of aromatic hydroxyl groups is 1. The first kappa shape index (κ1) is 8.69. The molecule has 0 spiro atoms. The van der Waals surface area contributed by atoms with Gasteiger partial charge >= 0.3 is 0 Å². The predicted octanol–water partition coefficient (Wildman–Crippen LogP) is 2.60. The Balaban J connectivity index is 1.98. The standard InChI is InChI=1S/C11H11NO2/c13-11-3-1-2-10(6-11)12-7-9-4-5-14-8-9/h1-6,8,12-13H,7H2. The monoisotopic (exact) mass is 189 g/mol.